The normalized spacial score (nSPS) is 19.2. The highest BCUT2D eigenvalue weighted by molar-refractivity contribution is 5.83. The number of nitrogens with two attached hydrogens (primary N) is 1. The molecule has 2 aliphatic rings. The molecule has 4 heterocycles. The highest BCUT2D eigenvalue weighted by Gasteiger charge is 2.47. The molecule has 6 rings (SSSR count). The summed E-state index contributed by atoms with van der Waals surface area (Å²) in [5.74, 6) is 1.13. The molecule has 1 aliphatic carbocycles. The van der Waals surface area contributed by atoms with Crippen molar-refractivity contribution in [3.05, 3.63) is 42.4 Å². The molecule has 3 N–H and O–H groups in total. The van der Waals surface area contributed by atoms with Crippen LogP contribution in [0.5, 0.6) is 0 Å². The van der Waals surface area contributed by atoms with Gasteiger partial charge in [-0.25, -0.2) is 4.68 Å². The van der Waals surface area contributed by atoms with Gasteiger partial charge in [0.1, 0.15) is 0 Å². The largest absolute Gasteiger partial charge is 0.383 e. The van der Waals surface area contributed by atoms with Crippen molar-refractivity contribution < 1.29 is 9.47 Å². The van der Waals surface area contributed by atoms with E-state index in [2.05, 4.69) is 20.4 Å². The second-order valence-corrected chi connectivity index (χ2v) is 9.19. The standard InChI is InChI=1S/C24H29N9O2/c1-34-13-11-32-10-7-19(31-32)24(8-9-24)30-23-28-21(27-22(25)29-23)16-5-6-17-15-26-33(18(17)14-16)20-4-2-3-12-35-20/h5-7,10,14-15,20H,2-4,8-9,11-13H2,1H3,(H3,25,27,28,29,30). The SMILES string of the molecule is COCCn1ccc(C2(Nc3nc(N)nc(-c4ccc5cnn(C6CCCCO6)c5c4)n3)CC2)n1. The first-order chi connectivity index (χ1) is 17.1. The molecular weight excluding hydrogens is 446 g/mol. The molecule has 1 aliphatic heterocycles. The smallest absolute Gasteiger partial charge is 0.228 e. The maximum Gasteiger partial charge on any atom is 0.228 e. The van der Waals surface area contributed by atoms with Crippen molar-refractivity contribution >= 4 is 22.8 Å². The molecule has 0 amide bonds. The zero-order valence-electron chi connectivity index (χ0n) is 19.7. The van der Waals surface area contributed by atoms with E-state index in [0.29, 0.717) is 24.9 Å². The zero-order valence-corrected chi connectivity index (χ0v) is 19.7. The van der Waals surface area contributed by atoms with Crippen LogP contribution in [-0.4, -0.2) is 54.8 Å². The Balaban J connectivity index is 1.28. The van der Waals surface area contributed by atoms with Crippen molar-refractivity contribution in [3.63, 3.8) is 0 Å². The summed E-state index contributed by atoms with van der Waals surface area (Å²) >= 11 is 0. The van der Waals surface area contributed by atoms with Crippen LogP contribution < -0.4 is 11.1 Å². The number of benzene rings is 1. The lowest BCUT2D eigenvalue weighted by molar-refractivity contribution is -0.0366. The maximum absolute atomic E-state index is 6.10. The minimum Gasteiger partial charge on any atom is -0.383 e. The molecule has 0 radical (unpaired) electrons. The molecule has 1 unspecified atom stereocenters. The molecule has 1 atom stereocenters. The average Bonchev–Trinajstić information content (AvgIpc) is 3.29. The van der Waals surface area contributed by atoms with Crippen molar-refractivity contribution in [1.82, 2.24) is 34.5 Å². The molecule has 1 saturated heterocycles. The second kappa shape index (κ2) is 8.90. The van der Waals surface area contributed by atoms with Crippen molar-refractivity contribution in [2.75, 3.05) is 31.4 Å². The average molecular weight is 476 g/mol. The summed E-state index contributed by atoms with van der Waals surface area (Å²) < 4.78 is 15.0. The number of fused-ring (bicyclic) bond motifs is 1. The van der Waals surface area contributed by atoms with Gasteiger partial charge in [0.25, 0.3) is 0 Å². The van der Waals surface area contributed by atoms with Gasteiger partial charge in [-0.1, -0.05) is 12.1 Å². The lowest BCUT2D eigenvalue weighted by atomic mass is 10.1. The van der Waals surface area contributed by atoms with Gasteiger partial charge in [-0.15, -0.1) is 0 Å². The number of hydrogen-bond donors (Lipinski definition) is 2. The van der Waals surface area contributed by atoms with Crippen LogP contribution in [0.25, 0.3) is 22.3 Å². The minimum atomic E-state index is -0.287. The van der Waals surface area contributed by atoms with E-state index in [-0.39, 0.29) is 17.7 Å². The van der Waals surface area contributed by atoms with Gasteiger partial charge >= 0.3 is 0 Å². The number of hydrogen-bond acceptors (Lipinski definition) is 9. The Morgan fingerprint density at radius 2 is 2.11 bits per heavy atom. The lowest BCUT2D eigenvalue weighted by Gasteiger charge is -2.23. The summed E-state index contributed by atoms with van der Waals surface area (Å²) in [6.07, 6.45) is 8.87. The fourth-order valence-corrected chi connectivity index (χ4v) is 4.61. The third-order valence-electron chi connectivity index (χ3n) is 6.69. The molecule has 0 spiro atoms. The summed E-state index contributed by atoms with van der Waals surface area (Å²) in [5.41, 5.74) is 8.61. The highest BCUT2D eigenvalue weighted by atomic mass is 16.5. The fourth-order valence-electron chi connectivity index (χ4n) is 4.61. The fraction of sp³-hybridized carbons (Fsp3) is 0.458. The molecular formula is C24H29N9O2. The van der Waals surface area contributed by atoms with Gasteiger partial charge < -0.3 is 20.5 Å². The maximum atomic E-state index is 6.10. The van der Waals surface area contributed by atoms with Gasteiger partial charge in [-0.2, -0.15) is 25.1 Å². The van der Waals surface area contributed by atoms with E-state index >= 15 is 0 Å². The van der Waals surface area contributed by atoms with Crippen molar-refractivity contribution in [3.8, 4) is 11.4 Å². The Hall–Kier alpha value is -3.57. The second-order valence-electron chi connectivity index (χ2n) is 9.19. The number of nitrogen functional groups attached to an aromatic ring is 1. The Bertz CT molecular complexity index is 1340. The molecule has 11 nitrogen and oxygen atoms in total. The Morgan fingerprint density at radius 1 is 1.20 bits per heavy atom. The molecule has 1 saturated carbocycles. The third-order valence-corrected chi connectivity index (χ3v) is 6.69. The van der Waals surface area contributed by atoms with Crippen LogP contribution in [0.15, 0.2) is 36.7 Å². The molecule has 0 bridgehead atoms. The van der Waals surface area contributed by atoms with E-state index in [1.165, 1.54) is 0 Å². The highest BCUT2D eigenvalue weighted by Crippen LogP contribution is 2.47. The minimum absolute atomic E-state index is 0.0458. The molecule has 1 aromatic carbocycles. The van der Waals surface area contributed by atoms with E-state index in [1.54, 1.807) is 7.11 Å². The van der Waals surface area contributed by atoms with E-state index in [9.17, 15) is 0 Å². The Labute approximate surface area is 202 Å². The molecule has 182 valence electrons. The number of nitrogens with one attached hydrogen (secondary N) is 1. The van der Waals surface area contributed by atoms with Crippen LogP contribution in [0.3, 0.4) is 0 Å². The van der Waals surface area contributed by atoms with E-state index in [1.807, 2.05) is 46.0 Å². The van der Waals surface area contributed by atoms with Gasteiger partial charge in [-0.3, -0.25) is 4.68 Å². The van der Waals surface area contributed by atoms with Crippen LogP contribution in [0, 0.1) is 0 Å². The van der Waals surface area contributed by atoms with Crippen molar-refractivity contribution in [2.24, 2.45) is 0 Å². The topological polar surface area (TPSA) is 131 Å². The molecule has 4 aromatic rings. The van der Waals surface area contributed by atoms with Crippen LogP contribution in [0.2, 0.25) is 0 Å². The van der Waals surface area contributed by atoms with Crippen molar-refractivity contribution in [1.29, 1.82) is 0 Å². The number of nitrogens with zero attached hydrogens (tertiary/aromatic N) is 7. The van der Waals surface area contributed by atoms with Crippen LogP contribution >= 0.6 is 0 Å². The number of anilines is 2. The van der Waals surface area contributed by atoms with Gasteiger partial charge in [0.2, 0.25) is 11.9 Å². The van der Waals surface area contributed by atoms with Gasteiger partial charge in [0, 0.05) is 30.9 Å². The van der Waals surface area contributed by atoms with Gasteiger partial charge in [-0.05, 0) is 44.2 Å². The molecule has 35 heavy (non-hydrogen) atoms. The van der Waals surface area contributed by atoms with E-state index in [4.69, 9.17) is 25.3 Å². The predicted octanol–water partition coefficient (Wildman–Crippen LogP) is 3.11. The first kappa shape index (κ1) is 21.9. The summed E-state index contributed by atoms with van der Waals surface area (Å²) in [4.78, 5) is 13.5. The molecule has 3 aromatic heterocycles. The van der Waals surface area contributed by atoms with Crippen LogP contribution in [-0.2, 0) is 21.6 Å². The molecule has 2 fully saturated rings. The van der Waals surface area contributed by atoms with Crippen LogP contribution in [0.1, 0.15) is 44.0 Å². The van der Waals surface area contributed by atoms with Gasteiger partial charge in [0.15, 0.2) is 12.1 Å². The quantitative estimate of drug-likeness (QED) is 0.394. The van der Waals surface area contributed by atoms with Crippen LogP contribution in [0.4, 0.5) is 11.9 Å². The summed E-state index contributed by atoms with van der Waals surface area (Å²) in [7, 11) is 1.69. The number of ether oxygens (including phenoxy) is 2. The van der Waals surface area contributed by atoms with Crippen molar-refractivity contribution in [2.45, 2.75) is 50.4 Å². The first-order valence-electron chi connectivity index (χ1n) is 12.1. The summed E-state index contributed by atoms with van der Waals surface area (Å²) in [5, 5.41) is 13.8. The van der Waals surface area contributed by atoms with Gasteiger partial charge in [0.05, 0.1) is 36.1 Å². The Kier molecular flexibility index (Phi) is 5.57. The lowest BCUT2D eigenvalue weighted by Crippen LogP contribution is -2.22. The monoisotopic (exact) mass is 475 g/mol. The van der Waals surface area contributed by atoms with E-state index < -0.39 is 0 Å². The van der Waals surface area contributed by atoms with E-state index in [0.717, 1.165) is 60.9 Å². The molecule has 11 heteroatoms. The summed E-state index contributed by atoms with van der Waals surface area (Å²) in [6, 6.07) is 8.09. The Morgan fingerprint density at radius 3 is 2.91 bits per heavy atom. The number of aromatic nitrogens is 7. The predicted molar refractivity (Wildman–Crippen MR) is 130 cm³/mol. The number of rotatable bonds is 8. The zero-order chi connectivity index (χ0) is 23.8. The third kappa shape index (κ3) is 4.32. The number of methoxy groups -OCH3 is 1. The first-order valence-corrected chi connectivity index (χ1v) is 12.1. The summed E-state index contributed by atoms with van der Waals surface area (Å²) in [6.45, 7) is 2.09.